The zero-order chi connectivity index (χ0) is 27.1. The predicted molar refractivity (Wildman–Crippen MR) is 135 cm³/mol. The molecule has 198 valence electrons. The predicted octanol–water partition coefficient (Wildman–Crippen LogP) is 4.68. The maximum atomic E-state index is 14.8. The number of esters is 1. The molecule has 1 saturated carbocycles. The van der Waals surface area contributed by atoms with Crippen LogP contribution in [-0.4, -0.2) is 42.9 Å². The fraction of sp³-hybridized carbons (Fsp3) is 0.464. The van der Waals surface area contributed by atoms with Crippen LogP contribution in [0.1, 0.15) is 62.9 Å². The van der Waals surface area contributed by atoms with Gasteiger partial charge in [-0.15, -0.1) is 5.10 Å². The van der Waals surface area contributed by atoms with Gasteiger partial charge in [0.05, 0.1) is 17.1 Å². The lowest BCUT2D eigenvalue weighted by Gasteiger charge is -2.41. The van der Waals surface area contributed by atoms with E-state index in [1.165, 1.54) is 16.6 Å². The van der Waals surface area contributed by atoms with Crippen LogP contribution >= 0.6 is 0 Å². The highest BCUT2D eigenvalue weighted by Crippen LogP contribution is 2.44. The van der Waals surface area contributed by atoms with Crippen LogP contribution in [0.3, 0.4) is 0 Å². The molecule has 1 aliphatic carbocycles. The van der Waals surface area contributed by atoms with Crippen molar-refractivity contribution in [2.45, 2.75) is 70.3 Å². The number of ether oxygens (including phenoxy) is 2. The van der Waals surface area contributed by atoms with Gasteiger partial charge < -0.3 is 14.6 Å². The third-order valence-electron chi connectivity index (χ3n) is 7.53. The number of nitriles is 1. The van der Waals surface area contributed by atoms with E-state index in [-0.39, 0.29) is 48.0 Å². The second kappa shape index (κ2) is 9.71. The van der Waals surface area contributed by atoms with Crippen molar-refractivity contribution in [2.24, 2.45) is 5.92 Å². The van der Waals surface area contributed by atoms with E-state index < -0.39 is 22.8 Å². The molecule has 10 heteroatoms. The van der Waals surface area contributed by atoms with E-state index in [4.69, 9.17) is 9.47 Å². The highest BCUT2D eigenvalue weighted by Gasteiger charge is 2.49. The molecule has 0 amide bonds. The third-order valence-corrected chi connectivity index (χ3v) is 7.53. The van der Waals surface area contributed by atoms with Crippen molar-refractivity contribution >= 4 is 11.7 Å². The van der Waals surface area contributed by atoms with Crippen molar-refractivity contribution in [3.8, 4) is 11.8 Å². The lowest BCUT2D eigenvalue weighted by molar-refractivity contribution is -0.171. The molecule has 1 atom stereocenters. The Morgan fingerprint density at radius 2 is 2.11 bits per heavy atom. The second-order valence-corrected chi connectivity index (χ2v) is 10.8. The number of cyclic esters (lactones) is 1. The number of halogens is 1. The summed E-state index contributed by atoms with van der Waals surface area (Å²) in [6.45, 7) is 5.15. The fourth-order valence-electron chi connectivity index (χ4n) is 5.35. The summed E-state index contributed by atoms with van der Waals surface area (Å²) in [6.07, 6.45) is 7.22. The number of fused-ring (bicyclic) bond motifs is 1. The molecule has 0 saturated heterocycles. The number of hydrogen-bond acceptors (Lipinski definition) is 8. The summed E-state index contributed by atoms with van der Waals surface area (Å²) in [5.74, 6) is -0.237. The molecule has 5 rings (SSSR count). The first kappa shape index (κ1) is 25.6. The topological polar surface area (TPSA) is 123 Å². The van der Waals surface area contributed by atoms with Crippen LogP contribution in [0.15, 0.2) is 41.9 Å². The summed E-state index contributed by atoms with van der Waals surface area (Å²) >= 11 is 0. The number of rotatable bonds is 7. The van der Waals surface area contributed by atoms with Crippen LogP contribution in [0.25, 0.3) is 5.78 Å². The normalized spacial score (nSPS) is 20.6. The van der Waals surface area contributed by atoms with Gasteiger partial charge in [-0.25, -0.2) is 18.7 Å². The van der Waals surface area contributed by atoms with Crippen molar-refractivity contribution < 1.29 is 23.8 Å². The first-order valence-electron chi connectivity index (χ1n) is 12.8. The lowest BCUT2D eigenvalue weighted by Crippen LogP contribution is -2.50. The van der Waals surface area contributed by atoms with Gasteiger partial charge >= 0.3 is 5.97 Å². The second-order valence-electron chi connectivity index (χ2n) is 10.8. The Kier molecular flexibility index (Phi) is 6.55. The highest BCUT2D eigenvalue weighted by atomic mass is 19.1. The molecular weight excluding hydrogens is 489 g/mol. The Bertz CT molecular complexity index is 1470. The van der Waals surface area contributed by atoms with Gasteiger partial charge in [0.25, 0.3) is 5.78 Å². The Balaban J connectivity index is 1.38. The zero-order valence-electron chi connectivity index (χ0n) is 21.7. The van der Waals surface area contributed by atoms with Gasteiger partial charge in [-0.2, -0.15) is 10.2 Å². The van der Waals surface area contributed by atoms with Crippen LogP contribution in [0.5, 0.6) is 5.75 Å². The Morgan fingerprint density at radius 1 is 1.34 bits per heavy atom. The molecule has 1 fully saturated rings. The monoisotopic (exact) mass is 519 g/mol. The average molecular weight is 520 g/mol. The van der Waals surface area contributed by atoms with E-state index >= 15 is 0 Å². The van der Waals surface area contributed by atoms with Crippen LogP contribution < -0.4 is 4.74 Å². The first-order chi connectivity index (χ1) is 18.1. The molecule has 0 spiro atoms. The van der Waals surface area contributed by atoms with E-state index in [1.54, 1.807) is 32.3 Å². The van der Waals surface area contributed by atoms with Gasteiger partial charge in [0.2, 0.25) is 0 Å². The minimum atomic E-state index is -1.08. The summed E-state index contributed by atoms with van der Waals surface area (Å²) < 4.78 is 28.4. The number of carbonyl (C=O) groups excluding carboxylic acids is 1. The molecule has 38 heavy (non-hydrogen) atoms. The number of aryl methyl sites for hydroxylation is 1. The van der Waals surface area contributed by atoms with Crippen molar-refractivity contribution in [1.82, 2.24) is 19.6 Å². The van der Waals surface area contributed by atoms with Crippen molar-refractivity contribution in [1.29, 1.82) is 5.26 Å². The maximum absolute atomic E-state index is 14.8. The molecule has 0 radical (unpaired) electrons. The number of aromatic nitrogens is 4. The molecule has 1 unspecified atom stereocenters. The van der Waals surface area contributed by atoms with Gasteiger partial charge in [-0.3, -0.25) is 0 Å². The van der Waals surface area contributed by atoms with Crippen molar-refractivity contribution in [3.05, 3.63) is 64.7 Å². The Morgan fingerprint density at radius 3 is 2.79 bits per heavy atom. The summed E-state index contributed by atoms with van der Waals surface area (Å²) in [5.41, 5.74) is -0.756. The van der Waals surface area contributed by atoms with Crippen molar-refractivity contribution in [2.75, 3.05) is 6.61 Å². The Labute approximate surface area is 219 Å². The molecule has 9 nitrogen and oxygen atoms in total. The summed E-state index contributed by atoms with van der Waals surface area (Å²) in [5, 5.41) is 24.8. The van der Waals surface area contributed by atoms with E-state index in [1.807, 2.05) is 6.92 Å². The van der Waals surface area contributed by atoms with E-state index in [0.29, 0.717) is 11.6 Å². The maximum Gasteiger partial charge on any atom is 0.338 e. The molecule has 2 aliphatic rings. The third kappa shape index (κ3) is 4.80. The van der Waals surface area contributed by atoms with Crippen LogP contribution in [0.4, 0.5) is 4.39 Å². The summed E-state index contributed by atoms with van der Waals surface area (Å²) in [7, 11) is 0. The molecule has 0 bridgehead atoms. The Hall–Kier alpha value is -4.00. The number of aliphatic hydroxyl groups is 1. The quantitative estimate of drug-likeness (QED) is 0.447. The number of aliphatic hydroxyl groups excluding tert-OH is 1. The molecule has 1 aliphatic heterocycles. The van der Waals surface area contributed by atoms with Crippen molar-refractivity contribution in [3.63, 3.8) is 0 Å². The first-order valence-corrected chi connectivity index (χ1v) is 12.8. The van der Waals surface area contributed by atoms with Gasteiger partial charge in [0.1, 0.15) is 23.9 Å². The molecular formula is C28H30FN5O4. The number of hydrogen-bond donors (Lipinski definition) is 1. The number of benzene rings is 1. The molecule has 1 N–H and O–H groups in total. The van der Waals surface area contributed by atoms with E-state index in [9.17, 15) is 19.6 Å². The minimum Gasteiger partial charge on any atom is -0.512 e. The van der Waals surface area contributed by atoms with Crippen LogP contribution in [0, 0.1) is 30.0 Å². The fourth-order valence-corrected chi connectivity index (χ4v) is 5.35. The van der Waals surface area contributed by atoms with Crippen LogP contribution in [0.2, 0.25) is 0 Å². The minimum absolute atomic E-state index is 0.00251. The van der Waals surface area contributed by atoms with Gasteiger partial charge in [-0.1, -0.05) is 18.9 Å². The average Bonchev–Trinajstić information content (AvgIpc) is 3.55. The van der Waals surface area contributed by atoms with E-state index in [2.05, 4.69) is 21.1 Å². The largest absolute Gasteiger partial charge is 0.512 e. The lowest BCUT2D eigenvalue weighted by atomic mass is 9.80. The summed E-state index contributed by atoms with van der Waals surface area (Å²) in [6, 6.07) is 6.49. The van der Waals surface area contributed by atoms with Gasteiger partial charge in [0, 0.05) is 42.8 Å². The molecule has 3 heterocycles. The standard InChI is InChI=1S/C28H30FN5O4/c1-17-13-31-26-32-24(33-34(26)14-17)11-20-23(35)12-28(38-25(20)36,18-6-4-5-7-18)16-37-19-8-9-21(22(29)10-19)27(2,3)15-30/h8-10,13-14,18,35H,4-7,11-12,16H2,1-3H3. The van der Waals surface area contributed by atoms with E-state index in [0.717, 1.165) is 31.2 Å². The van der Waals surface area contributed by atoms with Crippen LogP contribution in [-0.2, 0) is 21.4 Å². The molecule has 3 aromatic rings. The highest BCUT2D eigenvalue weighted by molar-refractivity contribution is 5.90. The smallest absolute Gasteiger partial charge is 0.338 e. The number of nitrogens with zero attached hydrogens (tertiary/aromatic N) is 5. The molecule has 1 aromatic carbocycles. The van der Waals surface area contributed by atoms with Gasteiger partial charge in [-0.05, 0) is 45.2 Å². The van der Waals surface area contributed by atoms with Gasteiger partial charge in [0.15, 0.2) is 11.4 Å². The zero-order valence-corrected chi connectivity index (χ0v) is 21.7. The number of carbonyl (C=O) groups is 1. The summed E-state index contributed by atoms with van der Waals surface area (Å²) in [4.78, 5) is 21.8. The molecule has 2 aromatic heterocycles. The SMILES string of the molecule is Cc1cnc2nc(CC3=C(O)CC(COc4ccc(C(C)(C)C#N)c(F)c4)(C4CCCC4)OC3=O)nn2c1.